The molecule has 228 valence electrons. The van der Waals surface area contributed by atoms with E-state index in [4.69, 9.17) is 5.73 Å². The molecule has 16 nitrogen and oxygen atoms in total. The van der Waals surface area contributed by atoms with Crippen LogP contribution in [0.25, 0.3) is 0 Å². The Morgan fingerprint density at radius 3 is 1.70 bits per heavy atom. The van der Waals surface area contributed by atoms with E-state index >= 15 is 0 Å². The normalized spacial score (nSPS) is 14.7. The van der Waals surface area contributed by atoms with E-state index in [9.17, 15) is 43.8 Å². The van der Waals surface area contributed by atoms with Gasteiger partial charge in [0.25, 0.3) is 0 Å². The largest absolute Gasteiger partial charge is 0.480 e. The summed E-state index contributed by atoms with van der Waals surface area (Å²) in [6.45, 7) is 7.83. The maximum atomic E-state index is 12.8. The van der Waals surface area contributed by atoms with Crippen molar-refractivity contribution in [2.24, 2.45) is 17.6 Å². The van der Waals surface area contributed by atoms with Crippen LogP contribution in [0.1, 0.15) is 48.0 Å². The number of hydrogen-bond acceptors (Lipinski definition) is 9. The van der Waals surface area contributed by atoms with E-state index in [1.54, 1.807) is 13.8 Å². The molecule has 0 fully saturated rings. The van der Waals surface area contributed by atoms with Crippen LogP contribution >= 0.6 is 0 Å². The molecule has 40 heavy (non-hydrogen) atoms. The van der Waals surface area contributed by atoms with Gasteiger partial charge in [-0.25, -0.2) is 4.79 Å². The summed E-state index contributed by atoms with van der Waals surface area (Å²) in [5, 5.41) is 32.7. The first-order chi connectivity index (χ1) is 18.5. The molecule has 0 aromatic carbocycles. The molecule has 0 aliphatic heterocycles. The first kappa shape index (κ1) is 36.2. The number of carbonyl (C=O) groups excluding carboxylic acids is 6. The molecule has 0 aromatic rings. The lowest BCUT2D eigenvalue weighted by molar-refractivity contribution is -0.143. The number of aliphatic carboxylic acids is 1. The summed E-state index contributed by atoms with van der Waals surface area (Å²) in [4.78, 5) is 84.9. The number of carboxylic acids is 1. The van der Waals surface area contributed by atoms with E-state index < -0.39 is 90.7 Å². The molecule has 0 rings (SSSR count). The Morgan fingerprint density at radius 1 is 0.675 bits per heavy atom. The molecule has 0 aliphatic rings. The number of aliphatic hydroxyl groups excluding tert-OH is 1. The van der Waals surface area contributed by atoms with Crippen LogP contribution in [-0.2, 0) is 33.6 Å². The van der Waals surface area contributed by atoms with E-state index in [-0.39, 0.29) is 18.9 Å². The van der Waals surface area contributed by atoms with Crippen molar-refractivity contribution < 1.29 is 43.8 Å². The van der Waals surface area contributed by atoms with Gasteiger partial charge >= 0.3 is 5.97 Å². The van der Waals surface area contributed by atoms with Crippen LogP contribution in [0.5, 0.6) is 0 Å². The third-order valence-corrected chi connectivity index (χ3v) is 5.54. The van der Waals surface area contributed by atoms with Crippen LogP contribution in [-0.4, -0.2) is 102 Å². The molecular formula is C24H43N7O9. The first-order valence-corrected chi connectivity index (χ1v) is 12.8. The molecular weight excluding hydrogens is 530 g/mol. The van der Waals surface area contributed by atoms with Crippen LogP contribution in [0.2, 0.25) is 0 Å². The molecule has 6 amide bonds. The minimum absolute atomic E-state index is 0.0131. The van der Waals surface area contributed by atoms with Gasteiger partial charge in [-0.2, -0.15) is 0 Å². The Balaban J connectivity index is 5.01. The summed E-state index contributed by atoms with van der Waals surface area (Å²) in [6, 6.07) is -5.80. The third-order valence-electron chi connectivity index (χ3n) is 5.54. The Labute approximate surface area is 232 Å². The van der Waals surface area contributed by atoms with E-state index in [0.29, 0.717) is 0 Å². The van der Waals surface area contributed by atoms with E-state index in [1.165, 1.54) is 13.8 Å². The van der Waals surface area contributed by atoms with E-state index in [0.717, 1.165) is 0 Å². The average molecular weight is 574 g/mol. The molecule has 0 heterocycles. The molecule has 0 saturated heterocycles. The highest BCUT2D eigenvalue weighted by Crippen LogP contribution is 2.06. The van der Waals surface area contributed by atoms with Crippen molar-refractivity contribution in [2.45, 2.75) is 78.2 Å². The number of nitrogens with two attached hydrogens (primary N) is 1. The highest BCUT2D eigenvalue weighted by molar-refractivity contribution is 5.95. The highest BCUT2D eigenvalue weighted by Gasteiger charge is 2.29. The van der Waals surface area contributed by atoms with E-state index in [2.05, 4.69) is 31.9 Å². The van der Waals surface area contributed by atoms with Gasteiger partial charge in [0, 0.05) is 0 Å². The molecule has 16 heteroatoms. The van der Waals surface area contributed by atoms with Gasteiger partial charge in [-0.3, -0.25) is 28.8 Å². The molecule has 10 N–H and O–H groups in total. The van der Waals surface area contributed by atoms with Crippen LogP contribution in [0.4, 0.5) is 0 Å². The Morgan fingerprint density at radius 2 is 1.23 bits per heavy atom. The Hall–Kier alpha value is -3.79. The fourth-order valence-corrected chi connectivity index (χ4v) is 3.27. The van der Waals surface area contributed by atoms with Gasteiger partial charge in [0.2, 0.25) is 35.4 Å². The minimum atomic E-state index is -1.46. The second-order valence-corrected chi connectivity index (χ2v) is 10.0. The highest BCUT2D eigenvalue weighted by atomic mass is 16.4. The first-order valence-electron chi connectivity index (χ1n) is 12.8. The molecule has 5 atom stereocenters. The summed E-state index contributed by atoms with van der Waals surface area (Å²) in [5.74, 6) is -6.11. The summed E-state index contributed by atoms with van der Waals surface area (Å²) in [6.07, 6.45) is 0.232. The zero-order chi connectivity index (χ0) is 31.2. The van der Waals surface area contributed by atoms with Crippen molar-refractivity contribution in [3.05, 3.63) is 0 Å². The van der Waals surface area contributed by atoms with Crippen LogP contribution in [0.3, 0.4) is 0 Å². The number of rotatable bonds is 17. The number of carbonyl (C=O) groups is 7. The number of carboxylic acid groups (broad SMARTS) is 1. The van der Waals surface area contributed by atoms with Crippen molar-refractivity contribution in [1.29, 1.82) is 0 Å². The summed E-state index contributed by atoms with van der Waals surface area (Å²) >= 11 is 0. The monoisotopic (exact) mass is 573 g/mol. The number of amides is 6. The van der Waals surface area contributed by atoms with Gasteiger partial charge in [-0.15, -0.1) is 0 Å². The van der Waals surface area contributed by atoms with Crippen LogP contribution in [0, 0.1) is 11.8 Å². The summed E-state index contributed by atoms with van der Waals surface area (Å²) in [5.41, 5.74) is 5.22. The predicted octanol–water partition coefficient (Wildman–Crippen LogP) is -3.70. The Kier molecular flexibility index (Phi) is 16.0. The van der Waals surface area contributed by atoms with E-state index in [1.807, 2.05) is 13.8 Å². The van der Waals surface area contributed by atoms with Crippen molar-refractivity contribution >= 4 is 41.4 Å². The second-order valence-electron chi connectivity index (χ2n) is 10.0. The SMILES string of the molecule is CC(C)C[C@H](NC(=O)[C@H](C)NC(=O)CN)C(=O)N[C@@H](C)C(=O)NCC(=O)N[C@@H](CO)C(=O)N[C@H](C(=O)O)C(C)C. The zero-order valence-electron chi connectivity index (χ0n) is 23.7. The van der Waals surface area contributed by atoms with Crippen molar-refractivity contribution in [3.63, 3.8) is 0 Å². The minimum Gasteiger partial charge on any atom is -0.480 e. The zero-order valence-corrected chi connectivity index (χ0v) is 23.7. The summed E-state index contributed by atoms with van der Waals surface area (Å²) in [7, 11) is 0. The number of aliphatic hydroxyl groups is 1. The predicted molar refractivity (Wildman–Crippen MR) is 142 cm³/mol. The fraction of sp³-hybridized carbons (Fsp3) is 0.708. The smallest absolute Gasteiger partial charge is 0.326 e. The quantitative estimate of drug-likeness (QED) is 0.0822. The van der Waals surface area contributed by atoms with Crippen molar-refractivity contribution in [3.8, 4) is 0 Å². The van der Waals surface area contributed by atoms with Gasteiger partial charge in [-0.1, -0.05) is 27.7 Å². The van der Waals surface area contributed by atoms with Crippen molar-refractivity contribution in [2.75, 3.05) is 19.7 Å². The van der Waals surface area contributed by atoms with Gasteiger partial charge in [0.05, 0.1) is 19.7 Å². The maximum Gasteiger partial charge on any atom is 0.326 e. The second kappa shape index (κ2) is 17.7. The summed E-state index contributed by atoms with van der Waals surface area (Å²) < 4.78 is 0. The van der Waals surface area contributed by atoms with Gasteiger partial charge in [0.15, 0.2) is 0 Å². The topological polar surface area (TPSA) is 258 Å². The molecule has 0 aliphatic carbocycles. The van der Waals surface area contributed by atoms with Gasteiger partial charge < -0.3 is 47.8 Å². The molecule has 0 aromatic heterocycles. The number of hydrogen-bond donors (Lipinski definition) is 9. The maximum absolute atomic E-state index is 12.8. The lowest BCUT2D eigenvalue weighted by Gasteiger charge is -2.24. The molecule has 0 spiro atoms. The molecule has 0 saturated carbocycles. The third kappa shape index (κ3) is 13.3. The lowest BCUT2D eigenvalue weighted by atomic mass is 10.0. The Bertz CT molecular complexity index is 926. The van der Waals surface area contributed by atoms with Gasteiger partial charge in [-0.05, 0) is 32.1 Å². The lowest BCUT2D eigenvalue weighted by Crippen LogP contribution is -2.57. The van der Waals surface area contributed by atoms with Crippen LogP contribution in [0.15, 0.2) is 0 Å². The molecule has 0 radical (unpaired) electrons. The van der Waals surface area contributed by atoms with Crippen LogP contribution < -0.4 is 37.6 Å². The number of nitrogens with one attached hydrogen (secondary N) is 6. The van der Waals surface area contributed by atoms with Crippen molar-refractivity contribution in [1.82, 2.24) is 31.9 Å². The van der Waals surface area contributed by atoms with Gasteiger partial charge in [0.1, 0.15) is 30.2 Å². The molecule has 0 bridgehead atoms. The fourth-order valence-electron chi connectivity index (χ4n) is 3.27. The molecule has 0 unspecified atom stereocenters. The average Bonchev–Trinajstić information content (AvgIpc) is 2.87. The standard InChI is InChI=1S/C24H43N7O9/c1-11(2)7-15(30-21(36)14(6)27-17(33)8-25)22(37)28-13(5)20(35)26-9-18(34)29-16(10-32)23(38)31-19(12(3)4)24(39)40/h11-16,19,32H,7-10,25H2,1-6H3,(H,26,35)(H,27,33)(H,28,37)(H,29,34)(H,30,36)(H,31,38)(H,39,40)/t13-,14-,15-,16-,19-/m0/s1.